The Bertz CT molecular complexity index is 388. The Labute approximate surface area is 112 Å². The number of aromatic amines is 1. The van der Waals surface area contributed by atoms with Gasteiger partial charge in [-0.1, -0.05) is 38.5 Å². The molecule has 0 saturated heterocycles. The van der Waals surface area contributed by atoms with Crippen LogP contribution in [0.4, 0.5) is 0 Å². The fourth-order valence-electron chi connectivity index (χ4n) is 1.43. The molecule has 1 unspecified atom stereocenters. The molecular weight excluding hydrogens is 252 g/mol. The molecule has 96 valence electrons. The van der Waals surface area contributed by atoms with E-state index in [2.05, 4.69) is 36.4 Å². The van der Waals surface area contributed by atoms with Crippen molar-refractivity contribution in [3.63, 3.8) is 0 Å². The molecule has 3 nitrogen and oxygen atoms in total. The van der Waals surface area contributed by atoms with Crippen molar-refractivity contribution in [2.75, 3.05) is 11.5 Å². The Morgan fingerprint density at radius 3 is 2.88 bits per heavy atom. The number of thiol groups is 1. The van der Waals surface area contributed by atoms with Crippen LogP contribution in [-0.4, -0.2) is 21.5 Å². The Hall–Kier alpha value is -0.420. The molecule has 1 N–H and O–H groups in total. The van der Waals surface area contributed by atoms with Crippen LogP contribution >= 0.6 is 24.4 Å². The second-order valence-electron chi connectivity index (χ2n) is 4.06. The van der Waals surface area contributed by atoms with Gasteiger partial charge in [0.1, 0.15) is 0 Å². The van der Waals surface area contributed by atoms with E-state index >= 15 is 0 Å². The van der Waals surface area contributed by atoms with E-state index in [1.54, 1.807) is 17.8 Å². The second-order valence-corrected chi connectivity index (χ2v) is 5.43. The lowest BCUT2D eigenvalue weighted by Crippen LogP contribution is -2.11. The van der Waals surface area contributed by atoms with E-state index < -0.39 is 0 Å². The second kappa shape index (κ2) is 7.82. The van der Waals surface area contributed by atoms with Gasteiger partial charge in [0.15, 0.2) is 5.16 Å². The van der Waals surface area contributed by atoms with Crippen molar-refractivity contribution < 1.29 is 0 Å². The first-order chi connectivity index (χ1) is 8.19. The normalized spacial score (nSPS) is 12.6. The standard InChI is InChI=1S/C12H20N2OS2/c1-3-5-10-6-11(15)14-12(13-10)17-8-9(4-2)7-16/h6,9,16H,3-5,7-8H2,1-2H3,(H,13,14,15). The number of aryl methyl sites for hydroxylation is 1. The SMILES string of the molecule is CCCc1cc(=O)[nH]c(SCC(CC)CS)n1. The van der Waals surface area contributed by atoms with Crippen LogP contribution in [0.2, 0.25) is 0 Å². The number of nitrogens with one attached hydrogen (secondary N) is 1. The van der Waals surface area contributed by atoms with Gasteiger partial charge in [-0.3, -0.25) is 4.79 Å². The quantitative estimate of drug-likeness (QED) is 0.456. The molecule has 17 heavy (non-hydrogen) atoms. The molecule has 5 heteroatoms. The predicted octanol–water partition coefficient (Wildman–Crippen LogP) is 2.77. The zero-order chi connectivity index (χ0) is 12.7. The van der Waals surface area contributed by atoms with Crippen molar-refractivity contribution >= 4 is 24.4 Å². The number of rotatable bonds is 7. The third kappa shape index (κ3) is 5.17. The molecule has 1 aromatic rings. The highest BCUT2D eigenvalue weighted by Crippen LogP contribution is 2.18. The van der Waals surface area contributed by atoms with Crippen molar-refractivity contribution in [3.8, 4) is 0 Å². The fourth-order valence-corrected chi connectivity index (χ4v) is 3.10. The van der Waals surface area contributed by atoms with Gasteiger partial charge in [0.25, 0.3) is 5.56 Å². The summed E-state index contributed by atoms with van der Waals surface area (Å²) in [5.74, 6) is 2.41. The van der Waals surface area contributed by atoms with E-state index in [0.717, 1.165) is 41.6 Å². The number of hydrogen-bond acceptors (Lipinski definition) is 4. The van der Waals surface area contributed by atoms with Crippen LogP contribution in [0.5, 0.6) is 0 Å². The largest absolute Gasteiger partial charge is 0.301 e. The van der Waals surface area contributed by atoms with Gasteiger partial charge in [-0.25, -0.2) is 4.98 Å². The summed E-state index contributed by atoms with van der Waals surface area (Å²) in [6, 6.07) is 1.59. The van der Waals surface area contributed by atoms with Crippen molar-refractivity contribution in [1.29, 1.82) is 0 Å². The van der Waals surface area contributed by atoms with Crippen LogP contribution in [0.25, 0.3) is 0 Å². The molecule has 1 heterocycles. The molecule has 0 saturated carbocycles. The van der Waals surface area contributed by atoms with E-state index in [4.69, 9.17) is 0 Å². The van der Waals surface area contributed by atoms with Gasteiger partial charge >= 0.3 is 0 Å². The summed E-state index contributed by atoms with van der Waals surface area (Å²) in [5.41, 5.74) is 0.836. The molecule has 0 spiro atoms. The van der Waals surface area contributed by atoms with Crippen LogP contribution in [0.1, 0.15) is 32.4 Å². The summed E-state index contributed by atoms with van der Waals surface area (Å²) >= 11 is 5.93. The number of hydrogen-bond donors (Lipinski definition) is 2. The minimum absolute atomic E-state index is 0.0510. The fraction of sp³-hybridized carbons (Fsp3) is 0.667. The smallest absolute Gasteiger partial charge is 0.251 e. The Morgan fingerprint density at radius 1 is 1.53 bits per heavy atom. The van der Waals surface area contributed by atoms with Gasteiger partial charge in [0, 0.05) is 17.5 Å². The molecular formula is C12H20N2OS2. The summed E-state index contributed by atoms with van der Waals surface area (Å²) < 4.78 is 0. The molecule has 0 amide bonds. The number of nitrogens with zero attached hydrogens (tertiary/aromatic N) is 1. The third-order valence-electron chi connectivity index (χ3n) is 2.57. The van der Waals surface area contributed by atoms with Gasteiger partial charge in [-0.2, -0.15) is 12.6 Å². The number of thioether (sulfide) groups is 1. The van der Waals surface area contributed by atoms with Crippen LogP contribution in [0, 0.1) is 5.92 Å². The number of aromatic nitrogens is 2. The maximum atomic E-state index is 11.4. The van der Waals surface area contributed by atoms with Crippen LogP contribution in [-0.2, 0) is 6.42 Å². The zero-order valence-corrected chi connectivity index (χ0v) is 12.1. The number of H-pyrrole nitrogens is 1. The summed E-state index contributed by atoms with van der Waals surface area (Å²) in [7, 11) is 0. The molecule has 0 aliphatic rings. The van der Waals surface area contributed by atoms with E-state index in [9.17, 15) is 4.79 Å². The molecule has 0 fully saturated rings. The highest BCUT2D eigenvalue weighted by Gasteiger charge is 2.07. The molecule has 1 atom stereocenters. The van der Waals surface area contributed by atoms with E-state index in [1.807, 2.05) is 0 Å². The Balaban J connectivity index is 2.67. The molecule has 1 rings (SSSR count). The van der Waals surface area contributed by atoms with Crippen LogP contribution in [0.3, 0.4) is 0 Å². The Morgan fingerprint density at radius 2 is 2.29 bits per heavy atom. The lowest BCUT2D eigenvalue weighted by Gasteiger charge is -2.10. The first-order valence-electron chi connectivity index (χ1n) is 6.03. The summed E-state index contributed by atoms with van der Waals surface area (Å²) in [6.45, 7) is 4.24. The van der Waals surface area contributed by atoms with Gasteiger partial charge in [0.2, 0.25) is 0 Å². The first kappa shape index (κ1) is 14.6. The van der Waals surface area contributed by atoms with Gasteiger partial charge in [0.05, 0.1) is 0 Å². The van der Waals surface area contributed by atoms with Crippen LogP contribution in [0.15, 0.2) is 16.0 Å². The maximum Gasteiger partial charge on any atom is 0.251 e. The van der Waals surface area contributed by atoms with E-state index in [0.29, 0.717) is 5.92 Å². The predicted molar refractivity (Wildman–Crippen MR) is 77.2 cm³/mol. The summed E-state index contributed by atoms with van der Waals surface area (Å²) in [5, 5.41) is 0.737. The van der Waals surface area contributed by atoms with Gasteiger partial charge in [-0.15, -0.1) is 0 Å². The van der Waals surface area contributed by atoms with E-state index in [1.165, 1.54) is 0 Å². The average Bonchev–Trinajstić information content (AvgIpc) is 2.30. The van der Waals surface area contributed by atoms with E-state index in [-0.39, 0.29) is 5.56 Å². The lowest BCUT2D eigenvalue weighted by molar-refractivity contribution is 0.648. The van der Waals surface area contributed by atoms with Crippen molar-refractivity contribution in [2.45, 2.75) is 38.3 Å². The molecule has 0 aromatic carbocycles. The zero-order valence-electron chi connectivity index (χ0n) is 10.4. The maximum absolute atomic E-state index is 11.4. The summed E-state index contributed by atoms with van der Waals surface area (Å²) in [6.07, 6.45) is 2.98. The highest BCUT2D eigenvalue weighted by molar-refractivity contribution is 7.99. The minimum Gasteiger partial charge on any atom is -0.301 e. The minimum atomic E-state index is -0.0510. The summed E-state index contributed by atoms with van der Waals surface area (Å²) in [4.78, 5) is 18.7. The van der Waals surface area contributed by atoms with Crippen molar-refractivity contribution in [2.24, 2.45) is 5.92 Å². The average molecular weight is 272 g/mol. The van der Waals surface area contributed by atoms with Crippen molar-refractivity contribution in [1.82, 2.24) is 9.97 Å². The Kier molecular flexibility index (Phi) is 6.73. The first-order valence-corrected chi connectivity index (χ1v) is 7.65. The molecule has 0 bridgehead atoms. The van der Waals surface area contributed by atoms with Gasteiger partial charge in [-0.05, 0) is 18.1 Å². The lowest BCUT2D eigenvalue weighted by atomic mass is 10.2. The van der Waals surface area contributed by atoms with Gasteiger partial charge < -0.3 is 4.98 Å². The molecule has 0 aliphatic heterocycles. The monoisotopic (exact) mass is 272 g/mol. The van der Waals surface area contributed by atoms with Crippen LogP contribution < -0.4 is 5.56 Å². The third-order valence-corrected chi connectivity index (χ3v) is 4.19. The molecule has 1 aromatic heterocycles. The topological polar surface area (TPSA) is 45.8 Å². The molecule has 0 aliphatic carbocycles. The highest BCUT2D eigenvalue weighted by atomic mass is 32.2. The molecule has 0 radical (unpaired) electrons. The van der Waals surface area contributed by atoms with Crippen molar-refractivity contribution in [3.05, 3.63) is 22.1 Å².